The van der Waals surface area contributed by atoms with Gasteiger partial charge in [0, 0.05) is 26.1 Å². The summed E-state index contributed by atoms with van der Waals surface area (Å²) in [6, 6.07) is 12.1. The van der Waals surface area contributed by atoms with Crippen LogP contribution in [0.2, 0.25) is 0 Å². The molecule has 1 aliphatic rings. The first kappa shape index (κ1) is 18.0. The molecule has 1 aliphatic heterocycles. The molecule has 3 rings (SSSR count). The number of nitrogens with one attached hydrogen (secondary N) is 1. The lowest BCUT2D eigenvalue weighted by Crippen LogP contribution is -2.33. The van der Waals surface area contributed by atoms with E-state index in [9.17, 15) is 4.79 Å². The highest BCUT2D eigenvalue weighted by atomic mass is 32.1. The van der Waals surface area contributed by atoms with Crippen molar-refractivity contribution in [3.05, 3.63) is 52.2 Å². The lowest BCUT2D eigenvalue weighted by Gasteiger charge is -2.20. The number of carbonyl (C=O) groups is 1. The third-order valence-electron chi connectivity index (χ3n) is 4.52. The molecule has 0 saturated heterocycles. The first-order valence-electron chi connectivity index (χ1n) is 9.06. The predicted molar refractivity (Wildman–Crippen MR) is 103 cm³/mol. The smallest absolute Gasteiger partial charge is 0.263 e. The Hall–Kier alpha value is -1.85. The fraction of sp³-hybridized carbons (Fsp3) is 0.450. The molecule has 0 aliphatic carbocycles. The van der Waals surface area contributed by atoms with Crippen LogP contribution in [0.25, 0.3) is 0 Å². The maximum Gasteiger partial charge on any atom is 0.263 e. The van der Waals surface area contributed by atoms with Gasteiger partial charge in [0.05, 0.1) is 4.88 Å². The third kappa shape index (κ3) is 4.83. The van der Waals surface area contributed by atoms with Crippen molar-refractivity contribution in [3.63, 3.8) is 0 Å². The summed E-state index contributed by atoms with van der Waals surface area (Å²) in [4.78, 5) is 15.1. The number of fused-ring (bicyclic) bond motifs is 1. The highest BCUT2D eigenvalue weighted by molar-refractivity contribution is 7.12. The molecule has 0 saturated carbocycles. The number of unbranched alkanes of at least 4 members (excludes halogenated alkanes) is 1. The van der Waals surface area contributed by atoms with Crippen LogP contribution < -0.4 is 10.1 Å². The van der Waals surface area contributed by atoms with Gasteiger partial charge in [-0.05, 0) is 49.4 Å². The van der Waals surface area contributed by atoms with Crippen LogP contribution in [0.3, 0.4) is 0 Å². The molecular formula is C20H26N2O2S. The maximum atomic E-state index is 12.3. The molecule has 0 bridgehead atoms. The average Bonchev–Trinajstić information content (AvgIpc) is 3.30. The Morgan fingerprint density at radius 3 is 2.92 bits per heavy atom. The Morgan fingerprint density at radius 2 is 2.16 bits per heavy atom. The average molecular weight is 359 g/mol. The van der Waals surface area contributed by atoms with Gasteiger partial charge >= 0.3 is 0 Å². The van der Waals surface area contributed by atoms with Gasteiger partial charge in [-0.25, -0.2) is 0 Å². The quantitative estimate of drug-likeness (QED) is 0.697. The highest BCUT2D eigenvalue weighted by Gasteiger charge is 2.21. The summed E-state index contributed by atoms with van der Waals surface area (Å²) in [6.07, 6.45) is 3.31. The summed E-state index contributed by atoms with van der Waals surface area (Å²) < 4.78 is 5.93. The molecule has 5 heteroatoms. The largest absolute Gasteiger partial charge is 0.488 e. The summed E-state index contributed by atoms with van der Waals surface area (Å²) in [5.74, 6) is 1.18. The van der Waals surface area contributed by atoms with E-state index < -0.39 is 0 Å². The van der Waals surface area contributed by atoms with Crippen molar-refractivity contribution < 1.29 is 9.53 Å². The van der Waals surface area contributed by atoms with E-state index in [2.05, 4.69) is 17.4 Å². The van der Waals surface area contributed by atoms with Crippen molar-refractivity contribution >= 4 is 17.2 Å². The van der Waals surface area contributed by atoms with Crippen molar-refractivity contribution in [2.24, 2.45) is 0 Å². The van der Waals surface area contributed by atoms with E-state index >= 15 is 0 Å². The van der Waals surface area contributed by atoms with Crippen LogP contribution in [-0.4, -0.2) is 43.1 Å². The van der Waals surface area contributed by atoms with E-state index in [1.54, 1.807) is 0 Å². The number of thiophene rings is 1. The number of benzene rings is 1. The molecule has 1 aromatic heterocycles. The monoisotopic (exact) mass is 358 g/mol. The molecule has 25 heavy (non-hydrogen) atoms. The van der Waals surface area contributed by atoms with Crippen LogP contribution in [0.1, 0.15) is 35.0 Å². The van der Waals surface area contributed by atoms with Gasteiger partial charge in [-0.1, -0.05) is 24.3 Å². The van der Waals surface area contributed by atoms with Crippen LogP contribution in [0.5, 0.6) is 5.75 Å². The molecule has 1 N–H and O–H groups in total. The molecule has 4 nitrogen and oxygen atoms in total. The van der Waals surface area contributed by atoms with Crippen molar-refractivity contribution in [1.29, 1.82) is 0 Å². The van der Waals surface area contributed by atoms with E-state index in [4.69, 9.17) is 4.74 Å². The van der Waals surface area contributed by atoms with E-state index in [1.165, 1.54) is 16.9 Å². The molecule has 0 radical (unpaired) electrons. The normalized spacial score (nSPS) is 15.6. The van der Waals surface area contributed by atoms with Crippen molar-refractivity contribution in [2.45, 2.75) is 32.3 Å². The van der Waals surface area contributed by atoms with Gasteiger partial charge in [0.2, 0.25) is 0 Å². The van der Waals surface area contributed by atoms with Gasteiger partial charge in [-0.2, -0.15) is 0 Å². The standard InChI is InChI=1S/C20H26N2O2S/c1-2-22(20(23)19-10-7-13-25-19)12-6-5-11-21-15-17-14-16-8-3-4-9-18(16)24-17/h3-4,7-10,13,17,21H,2,5-6,11-12,14-15H2,1H3. The highest BCUT2D eigenvalue weighted by Crippen LogP contribution is 2.27. The van der Waals surface area contributed by atoms with Gasteiger partial charge < -0.3 is 15.0 Å². The Labute approximate surface area is 153 Å². The van der Waals surface area contributed by atoms with Gasteiger partial charge in [0.15, 0.2) is 0 Å². The molecule has 1 aromatic carbocycles. The molecule has 1 unspecified atom stereocenters. The number of ether oxygens (including phenoxy) is 1. The zero-order valence-electron chi connectivity index (χ0n) is 14.7. The third-order valence-corrected chi connectivity index (χ3v) is 5.38. The molecule has 1 atom stereocenters. The fourth-order valence-corrected chi connectivity index (χ4v) is 3.83. The van der Waals surface area contributed by atoms with Gasteiger partial charge in [0.25, 0.3) is 5.91 Å². The molecule has 0 spiro atoms. The number of rotatable bonds is 9. The minimum Gasteiger partial charge on any atom is -0.488 e. The second kappa shape index (κ2) is 9.02. The summed E-state index contributed by atoms with van der Waals surface area (Å²) in [5.41, 5.74) is 1.31. The lowest BCUT2D eigenvalue weighted by atomic mass is 10.1. The fourth-order valence-electron chi connectivity index (χ4n) is 3.14. The van der Waals surface area contributed by atoms with E-state index in [0.717, 1.165) is 56.1 Å². The topological polar surface area (TPSA) is 41.6 Å². The molecule has 134 valence electrons. The number of hydrogen-bond acceptors (Lipinski definition) is 4. The van der Waals surface area contributed by atoms with Crippen LogP contribution in [0.15, 0.2) is 41.8 Å². The minimum absolute atomic E-state index is 0.155. The van der Waals surface area contributed by atoms with Crippen molar-refractivity contribution in [3.8, 4) is 5.75 Å². The van der Waals surface area contributed by atoms with Crippen LogP contribution >= 0.6 is 11.3 Å². The van der Waals surface area contributed by atoms with Crippen LogP contribution in [-0.2, 0) is 6.42 Å². The first-order valence-corrected chi connectivity index (χ1v) is 9.94. The van der Waals surface area contributed by atoms with Crippen molar-refractivity contribution in [2.75, 3.05) is 26.2 Å². The van der Waals surface area contributed by atoms with E-state index in [0.29, 0.717) is 0 Å². The minimum atomic E-state index is 0.155. The van der Waals surface area contributed by atoms with Crippen LogP contribution in [0, 0.1) is 0 Å². The van der Waals surface area contributed by atoms with E-state index in [1.807, 2.05) is 41.5 Å². The second-order valence-electron chi connectivity index (χ2n) is 6.33. The van der Waals surface area contributed by atoms with Gasteiger partial charge in [-0.15, -0.1) is 11.3 Å². The molecular weight excluding hydrogens is 332 g/mol. The first-order chi connectivity index (χ1) is 12.3. The zero-order valence-corrected chi connectivity index (χ0v) is 15.6. The van der Waals surface area contributed by atoms with Crippen LogP contribution in [0.4, 0.5) is 0 Å². The molecule has 2 heterocycles. The summed E-state index contributed by atoms with van der Waals surface area (Å²) in [7, 11) is 0. The van der Waals surface area contributed by atoms with Crippen molar-refractivity contribution in [1.82, 2.24) is 10.2 Å². The SMILES string of the molecule is CCN(CCCCNCC1Cc2ccccc2O1)C(=O)c1cccs1. The lowest BCUT2D eigenvalue weighted by molar-refractivity contribution is 0.0766. The Balaban J connectivity index is 1.29. The van der Waals surface area contributed by atoms with E-state index in [-0.39, 0.29) is 12.0 Å². The number of carbonyl (C=O) groups excluding carboxylic acids is 1. The number of para-hydroxylation sites is 1. The summed E-state index contributed by atoms with van der Waals surface area (Å²) >= 11 is 1.51. The number of amides is 1. The van der Waals surface area contributed by atoms with Gasteiger partial charge in [-0.3, -0.25) is 4.79 Å². The Morgan fingerprint density at radius 1 is 1.28 bits per heavy atom. The zero-order chi connectivity index (χ0) is 17.5. The number of nitrogens with zero attached hydrogens (tertiary/aromatic N) is 1. The summed E-state index contributed by atoms with van der Waals surface area (Å²) in [6.45, 7) is 5.46. The predicted octanol–water partition coefficient (Wildman–Crippen LogP) is 3.58. The van der Waals surface area contributed by atoms with Gasteiger partial charge in [0.1, 0.15) is 11.9 Å². The molecule has 2 aromatic rings. The second-order valence-corrected chi connectivity index (χ2v) is 7.27. The Bertz CT molecular complexity index is 647. The maximum absolute atomic E-state index is 12.3. The molecule has 0 fully saturated rings. The summed E-state index contributed by atoms with van der Waals surface area (Å²) in [5, 5.41) is 5.44. The Kier molecular flexibility index (Phi) is 6.48. The molecule has 1 amide bonds. The number of hydrogen-bond donors (Lipinski definition) is 1.